The van der Waals surface area contributed by atoms with Gasteiger partial charge in [-0.05, 0) is 35.9 Å². The topological polar surface area (TPSA) is 89.2 Å². The average Bonchev–Trinajstić information content (AvgIpc) is 3.00. The van der Waals surface area contributed by atoms with Crippen molar-refractivity contribution in [3.63, 3.8) is 0 Å². The highest BCUT2D eigenvalue weighted by molar-refractivity contribution is 9.10. The van der Waals surface area contributed by atoms with Crippen LogP contribution in [0.1, 0.15) is 27.7 Å². The number of rotatable bonds is 5. The van der Waals surface area contributed by atoms with Gasteiger partial charge in [-0.25, -0.2) is 0 Å². The van der Waals surface area contributed by atoms with Gasteiger partial charge in [0.2, 0.25) is 5.76 Å². The predicted octanol–water partition coefficient (Wildman–Crippen LogP) is 3.11. The third-order valence-electron chi connectivity index (χ3n) is 4.99. The van der Waals surface area contributed by atoms with Crippen molar-refractivity contribution in [1.29, 1.82) is 0 Å². The van der Waals surface area contributed by atoms with Crippen LogP contribution in [0.15, 0.2) is 50.1 Å². The van der Waals surface area contributed by atoms with E-state index in [0.29, 0.717) is 28.0 Å². The fourth-order valence-corrected chi connectivity index (χ4v) is 4.06. The van der Waals surface area contributed by atoms with E-state index in [4.69, 9.17) is 13.9 Å². The van der Waals surface area contributed by atoms with Crippen molar-refractivity contribution < 1.29 is 23.8 Å². The summed E-state index contributed by atoms with van der Waals surface area (Å²) >= 11 is 3.37. The SMILES string of the molecule is COc1ccc(C2c3c(oc4ccc(Br)cc4c3=O)C(=O)N2CCO)cc1OC. The standard InChI is InChI=1S/C21H18BrNO6/c1-27-15-5-3-11(9-16(15)28-2)18-17-19(25)13-10-12(22)4-6-14(13)29-20(17)21(26)23(18)7-8-24/h3-6,9-10,18,24H,7-8H2,1-2H3. The number of carbonyl (C=O) groups is 1. The molecule has 0 saturated carbocycles. The van der Waals surface area contributed by atoms with E-state index in [-0.39, 0.29) is 29.9 Å². The zero-order valence-corrected chi connectivity index (χ0v) is 17.4. The summed E-state index contributed by atoms with van der Waals surface area (Å²) in [7, 11) is 3.04. The average molecular weight is 460 g/mol. The Kier molecular flexibility index (Phi) is 5.06. The maximum Gasteiger partial charge on any atom is 0.290 e. The van der Waals surface area contributed by atoms with Gasteiger partial charge < -0.3 is 23.9 Å². The lowest BCUT2D eigenvalue weighted by Gasteiger charge is -2.24. The normalized spacial score (nSPS) is 15.7. The third-order valence-corrected chi connectivity index (χ3v) is 5.49. The first kappa shape index (κ1) is 19.5. The number of β-amino-alcohol motifs (C(OH)–C–C–N with tert-alkyl or cyclic N) is 1. The van der Waals surface area contributed by atoms with E-state index in [2.05, 4.69) is 15.9 Å². The summed E-state index contributed by atoms with van der Waals surface area (Å²) in [5, 5.41) is 9.89. The van der Waals surface area contributed by atoms with Crippen LogP contribution in [0, 0.1) is 0 Å². The fourth-order valence-electron chi connectivity index (χ4n) is 3.70. The number of fused-ring (bicyclic) bond motifs is 2. The number of carbonyl (C=O) groups excluding carboxylic acids is 1. The Bertz CT molecular complexity index is 1170. The number of aliphatic hydroxyl groups excluding tert-OH is 1. The molecule has 0 bridgehead atoms. The molecule has 150 valence electrons. The van der Waals surface area contributed by atoms with Crippen LogP contribution in [0.2, 0.25) is 0 Å². The van der Waals surface area contributed by atoms with Crippen LogP contribution in [0.5, 0.6) is 11.5 Å². The maximum atomic E-state index is 13.4. The van der Waals surface area contributed by atoms with Crippen LogP contribution < -0.4 is 14.9 Å². The summed E-state index contributed by atoms with van der Waals surface area (Å²) in [6.45, 7) is -0.190. The Morgan fingerprint density at radius 1 is 1.10 bits per heavy atom. The molecule has 1 N–H and O–H groups in total. The van der Waals surface area contributed by atoms with Crippen molar-refractivity contribution in [2.24, 2.45) is 0 Å². The number of aliphatic hydroxyl groups is 1. The molecule has 1 aromatic heterocycles. The number of ether oxygens (including phenoxy) is 2. The molecule has 2 heterocycles. The Morgan fingerprint density at radius 3 is 2.55 bits per heavy atom. The lowest BCUT2D eigenvalue weighted by atomic mass is 9.98. The lowest BCUT2D eigenvalue weighted by molar-refractivity contribution is 0.0691. The molecule has 1 aliphatic heterocycles. The molecular weight excluding hydrogens is 442 g/mol. The molecule has 1 atom stereocenters. The molecule has 1 amide bonds. The van der Waals surface area contributed by atoms with Gasteiger partial charge in [-0.15, -0.1) is 0 Å². The van der Waals surface area contributed by atoms with Crippen molar-refractivity contribution >= 4 is 32.8 Å². The van der Waals surface area contributed by atoms with Crippen LogP contribution in [0.3, 0.4) is 0 Å². The van der Waals surface area contributed by atoms with Crippen molar-refractivity contribution in [2.75, 3.05) is 27.4 Å². The highest BCUT2D eigenvalue weighted by Crippen LogP contribution is 2.40. The molecule has 2 aromatic carbocycles. The van der Waals surface area contributed by atoms with Gasteiger partial charge in [0.05, 0.1) is 37.8 Å². The van der Waals surface area contributed by atoms with Crippen LogP contribution in [-0.4, -0.2) is 43.3 Å². The van der Waals surface area contributed by atoms with Gasteiger partial charge in [0.15, 0.2) is 16.9 Å². The van der Waals surface area contributed by atoms with Gasteiger partial charge in [-0.2, -0.15) is 0 Å². The zero-order chi connectivity index (χ0) is 20.7. The molecule has 0 radical (unpaired) electrons. The molecule has 1 unspecified atom stereocenters. The number of nitrogens with zero attached hydrogens (tertiary/aromatic N) is 1. The molecular formula is C21H18BrNO6. The van der Waals surface area contributed by atoms with E-state index in [1.807, 2.05) is 0 Å². The van der Waals surface area contributed by atoms with E-state index < -0.39 is 11.9 Å². The molecule has 29 heavy (non-hydrogen) atoms. The largest absolute Gasteiger partial charge is 0.493 e. The van der Waals surface area contributed by atoms with Gasteiger partial charge in [-0.1, -0.05) is 22.0 Å². The summed E-state index contributed by atoms with van der Waals surface area (Å²) in [5.41, 5.74) is 0.962. The highest BCUT2D eigenvalue weighted by atomic mass is 79.9. The smallest absolute Gasteiger partial charge is 0.290 e. The molecule has 0 aliphatic carbocycles. The number of halogens is 1. The van der Waals surface area contributed by atoms with Crippen LogP contribution in [0.4, 0.5) is 0 Å². The second-order valence-electron chi connectivity index (χ2n) is 6.55. The lowest BCUT2D eigenvalue weighted by Crippen LogP contribution is -2.32. The van der Waals surface area contributed by atoms with E-state index in [1.54, 1.807) is 36.4 Å². The summed E-state index contributed by atoms with van der Waals surface area (Å²) < 4.78 is 17.2. The van der Waals surface area contributed by atoms with E-state index in [9.17, 15) is 14.7 Å². The maximum absolute atomic E-state index is 13.4. The first-order chi connectivity index (χ1) is 14.0. The number of methoxy groups -OCH3 is 2. The molecule has 3 aromatic rings. The number of amides is 1. The van der Waals surface area contributed by atoms with Crippen molar-refractivity contribution in [2.45, 2.75) is 6.04 Å². The highest BCUT2D eigenvalue weighted by Gasteiger charge is 2.42. The van der Waals surface area contributed by atoms with Crippen LogP contribution in [0.25, 0.3) is 11.0 Å². The Labute approximate surface area is 174 Å². The summed E-state index contributed by atoms with van der Waals surface area (Å²) in [6.07, 6.45) is 0. The Hall–Kier alpha value is -2.84. The van der Waals surface area contributed by atoms with E-state index in [1.165, 1.54) is 19.1 Å². The Balaban J connectivity index is 1.99. The predicted molar refractivity (Wildman–Crippen MR) is 110 cm³/mol. The van der Waals surface area contributed by atoms with E-state index >= 15 is 0 Å². The van der Waals surface area contributed by atoms with Gasteiger partial charge in [0, 0.05) is 11.0 Å². The Morgan fingerprint density at radius 2 is 1.86 bits per heavy atom. The fraction of sp³-hybridized carbons (Fsp3) is 0.238. The van der Waals surface area contributed by atoms with Crippen molar-refractivity contribution in [3.05, 3.63) is 68.0 Å². The second kappa shape index (κ2) is 7.53. The quantitative estimate of drug-likeness (QED) is 0.630. The summed E-state index contributed by atoms with van der Waals surface area (Å²) in [6, 6.07) is 9.57. The second-order valence-corrected chi connectivity index (χ2v) is 7.47. The van der Waals surface area contributed by atoms with Crippen LogP contribution in [-0.2, 0) is 0 Å². The summed E-state index contributed by atoms with van der Waals surface area (Å²) in [5.74, 6) is 0.570. The molecule has 1 aliphatic rings. The molecule has 0 fully saturated rings. The number of benzene rings is 2. The molecule has 4 rings (SSSR count). The molecule has 7 nitrogen and oxygen atoms in total. The van der Waals surface area contributed by atoms with Gasteiger partial charge >= 0.3 is 0 Å². The minimum atomic E-state index is -0.705. The third kappa shape index (κ3) is 3.08. The van der Waals surface area contributed by atoms with Crippen LogP contribution >= 0.6 is 15.9 Å². The molecule has 0 spiro atoms. The van der Waals surface area contributed by atoms with E-state index in [0.717, 1.165) is 4.47 Å². The number of hydrogen-bond acceptors (Lipinski definition) is 6. The van der Waals surface area contributed by atoms with Crippen molar-refractivity contribution in [3.8, 4) is 11.5 Å². The minimum absolute atomic E-state index is 0.00180. The first-order valence-electron chi connectivity index (χ1n) is 8.90. The zero-order valence-electron chi connectivity index (χ0n) is 15.8. The monoisotopic (exact) mass is 459 g/mol. The van der Waals surface area contributed by atoms with Gasteiger partial charge in [0.1, 0.15) is 5.58 Å². The van der Waals surface area contributed by atoms with Crippen molar-refractivity contribution in [1.82, 2.24) is 4.90 Å². The van der Waals surface area contributed by atoms with Gasteiger partial charge in [-0.3, -0.25) is 9.59 Å². The first-order valence-corrected chi connectivity index (χ1v) is 9.69. The van der Waals surface area contributed by atoms with Gasteiger partial charge in [0.25, 0.3) is 5.91 Å². The summed E-state index contributed by atoms with van der Waals surface area (Å²) in [4.78, 5) is 27.8. The molecule has 0 saturated heterocycles. The number of hydrogen-bond donors (Lipinski definition) is 1. The minimum Gasteiger partial charge on any atom is -0.493 e. The molecule has 8 heteroatoms.